The molecule has 0 fully saturated rings. The summed E-state index contributed by atoms with van der Waals surface area (Å²) < 4.78 is 3.99. The maximum absolute atomic E-state index is 12.9. The SMILES string of the molecule is Cc1cc(C(=O)NCc2ccccc2Cn2cccn2)c(C)n1-c1ccccc1. The van der Waals surface area contributed by atoms with E-state index in [2.05, 4.69) is 21.0 Å². The van der Waals surface area contributed by atoms with Gasteiger partial charge in [-0.2, -0.15) is 5.10 Å². The Morgan fingerprint density at radius 2 is 1.69 bits per heavy atom. The van der Waals surface area contributed by atoms with Crippen molar-refractivity contribution in [1.29, 1.82) is 0 Å². The molecule has 4 rings (SSSR count). The Morgan fingerprint density at radius 3 is 2.41 bits per heavy atom. The lowest BCUT2D eigenvalue weighted by atomic mass is 10.1. The fourth-order valence-electron chi connectivity index (χ4n) is 3.69. The second kappa shape index (κ2) is 8.19. The van der Waals surface area contributed by atoms with Crippen LogP contribution in [0.2, 0.25) is 0 Å². The van der Waals surface area contributed by atoms with Crippen LogP contribution < -0.4 is 5.32 Å². The van der Waals surface area contributed by atoms with Gasteiger partial charge in [-0.1, -0.05) is 42.5 Å². The third-order valence-corrected chi connectivity index (χ3v) is 5.14. The molecule has 0 unspecified atom stereocenters. The number of amides is 1. The van der Waals surface area contributed by atoms with Crippen LogP contribution in [0.3, 0.4) is 0 Å². The molecular formula is C24H24N4O. The number of benzene rings is 2. The van der Waals surface area contributed by atoms with Crippen molar-refractivity contribution in [2.75, 3.05) is 0 Å². The maximum atomic E-state index is 12.9. The Morgan fingerprint density at radius 1 is 0.966 bits per heavy atom. The summed E-state index contributed by atoms with van der Waals surface area (Å²) in [6.07, 6.45) is 3.71. The zero-order chi connectivity index (χ0) is 20.2. The first-order valence-corrected chi connectivity index (χ1v) is 9.70. The zero-order valence-corrected chi connectivity index (χ0v) is 16.7. The molecule has 0 radical (unpaired) electrons. The average Bonchev–Trinajstić information content (AvgIpc) is 3.35. The number of aromatic nitrogens is 3. The van der Waals surface area contributed by atoms with Gasteiger partial charge in [-0.05, 0) is 49.2 Å². The van der Waals surface area contributed by atoms with Gasteiger partial charge >= 0.3 is 0 Å². The first kappa shape index (κ1) is 18.7. The summed E-state index contributed by atoms with van der Waals surface area (Å²) in [6, 6.07) is 22.1. The Bertz CT molecular complexity index is 1110. The predicted molar refractivity (Wildman–Crippen MR) is 114 cm³/mol. The molecule has 0 saturated carbocycles. The van der Waals surface area contributed by atoms with Crippen molar-refractivity contribution in [2.45, 2.75) is 26.9 Å². The van der Waals surface area contributed by atoms with Gasteiger partial charge in [0, 0.05) is 36.0 Å². The number of para-hydroxylation sites is 1. The minimum absolute atomic E-state index is 0.0610. The van der Waals surface area contributed by atoms with Gasteiger partial charge in [0.15, 0.2) is 0 Å². The standard InChI is InChI=1S/C24H24N4O/c1-18-15-23(19(2)28(18)22-11-4-3-5-12-22)24(29)25-16-20-9-6-7-10-21(20)17-27-14-8-13-26-27/h3-15H,16-17H2,1-2H3,(H,25,29). The lowest BCUT2D eigenvalue weighted by Crippen LogP contribution is -2.24. The van der Waals surface area contributed by atoms with Crippen molar-refractivity contribution < 1.29 is 4.79 Å². The molecule has 1 N–H and O–H groups in total. The fourth-order valence-corrected chi connectivity index (χ4v) is 3.69. The number of nitrogens with zero attached hydrogens (tertiary/aromatic N) is 3. The second-order valence-electron chi connectivity index (χ2n) is 7.11. The van der Waals surface area contributed by atoms with E-state index in [0.29, 0.717) is 18.7 Å². The van der Waals surface area contributed by atoms with Gasteiger partial charge in [0.2, 0.25) is 0 Å². The minimum atomic E-state index is -0.0610. The van der Waals surface area contributed by atoms with Crippen LogP contribution in [0.25, 0.3) is 5.69 Å². The molecule has 1 amide bonds. The fraction of sp³-hybridized carbons (Fsp3) is 0.167. The van der Waals surface area contributed by atoms with Crippen molar-refractivity contribution >= 4 is 5.91 Å². The molecule has 0 aliphatic rings. The van der Waals surface area contributed by atoms with Crippen LogP contribution in [0, 0.1) is 13.8 Å². The number of hydrogen-bond acceptors (Lipinski definition) is 2. The highest BCUT2D eigenvalue weighted by Gasteiger charge is 2.16. The second-order valence-corrected chi connectivity index (χ2v) is 7.11. The van der Waals surface area contributed by atoms with Crippen molar-refractivity contribution in [3.63, 3.8) is 0 Å². The van der Waals surface area contributed by atoms with Crippen molar-refractivity contribution in [2.24, 2.45) is 0 Å². The third kappa shape index (κ3) is 3.99. The van der Waals surface area contributed by atoms with E-state index < -0.39 is 0 Å². The van der Waals surface area contributed by atoms with Gasteiger partial charge in [0.25, 0.3) is 5.91 Å². The summed E-state index contributed by atoms with van der Waals surface area (Å²) in [5.41, 5.74) is 5.98. The summed E-state index contributed by atoms with van der Waals surface area (Å²) in [6.45, 7) is 5.17. The largest absolute Gasteiger partial charge is 0.348 e. The first-order chi connectivity index (χ1) is 14.1. The van der Waals surface area contributed by atoms with Crippen molar-refractivity contribution in [3.8, 4) is 5.69 Å². The predicted octanol–water partition coefficient (Wildman–Crippen LogP) is 4.27. The molecule has 5 heteroatoms. The van der Waals surface area contributed by atoms with Crippen molar-refractivity contribution in [3.05, 3.63) is 107 Å². The quantitative estimate of drug-likeness (QED) is 0.540. The summed E-state index contributed by atoms with van der Waals surface area (Å²) in [7, 11) is 0. The van der Waals surface area contributed by atoms with Crippen LogP contribution in [0.1, 0.15) is 32.9 Å². The molecule has 0 saturated heterocycles. The van der Waals surface area contributed by atoms with E-state index >= 15 is 0 Å². The monoisotopic (exact) mass is 384 g/mol. The number of aryl methyl sites for hydroxylation is 1. The van der Waals surface area contributed by atoms with Gasteiger partial charge in [-0.15, -0.1) is 0 Å². The Hall–Kier alpha value is -3.60. The van der Waals surface area contributed by atoms with Gasteiger partial charge in [0.05, 0.1) is 12.1 Å². The zero-order valence-electron chi connectivity index (χ0n) is 16.7. The van der Waals surface area contributed by atoms with E-state index in [4.69, 9.17) is 0 Å². The maximum Gasteiger partial charge on any atom is 0.253 e. The molecule has 4 aromatic rings. The summed E-state index contributed by atoms with van der Waals surface area (Å²) >= 11 is 0. The van der Waals surface area contributed by atoms with Crippen LogP contribution in [0.15, 0.2) is 79.1 Å². The molecular weight excluding hydrogens is 360 g/mol. The lowest BCUT2D eigenvalue weighted by molar-refractivity contribution is 0.0950. The molecule has 2 heterocycles. The van der Waals surface area contributed by atoms with Crippen LogP contribution >= 0.6 is 0 Å². The van der Waals surface area contributed by atoms with Crippen LogP contribution in [0.4, 0.5) is 0 Å². The minimum Gasteiger partial charge on any atom is -0.348 e. The molecule has 0 aliphatic heterocycles. The molecule has 2 aromatic carbocycles. The van der Waals surface area contributed by atoms with Crippen LogP contribution in [0.5, 0.6) is 0 Å². The molecule has 0 bridgehead atoms. The molecule has 0 spiro atoms. The number of nitrogens with one attached hydrogen (secondary N) is 1. The highest BCUT2D eigenvalue weighted by molar-refractivity contribution is 5.95. The molecule has 5 nitrogen and oxygen atoms in total. The normalized spacial score (nSPS) is 10.8. The number of rotatable bonds is 6. The van der Waals surface area contributed by atoms with E-state index in [-0.39, 0.29) is 5.91 Å². The molecule has 146 valence electrons. The van der Waals surface area contributed by atoms with Crippen molar-refractivity contribution in [1.82, 2.24) is 19.7 Å². The Kier molecular flexibility index (Phi) is 5.29. The van der Waals surface area contributed by atoms with E-state index in [1.165, 1.54) is 0 Å². The molecule has 2 aromatic heterocycles. The highest BCUT2D eigenvalue weighted by Crippen LogP contribution is 2.21. The third-order valence-electron chi connectivity index (χ3n) is 5.14. The Balaban J connectivity index is 1.52. The molecule has 0 aliphatic carbocycles. The summed E-state index contributed by atoms with van der Waals surface area (Å²) in [4.78, 5) is 12.9. The smallest absolute Gasteiger partial charge is 0.253 e. The van der Waals surface area contributed by atoms with Gasteiger partial charge in [0.1, 0.15) is 0 Å². The number of carbonyl (C=O) groups excluding carboxylic acids is 1. The highest BCUT2D eigenvalue weighted by atomic mass is 16.1. The van der Waals surface area contributed by atoms with E-state index in [0.717, 1.165) is 28.2 Å². The van der Waals surface area contributed by atoms with E-state index in [1.807, 2.05) is 85.4 Å². The topological polar surface area (TPSA) is 51.9 Å². The molecule has 0 atom stereocenters. The van der Waals surface area contributed by atoms with Gasteiger partial charge in [-0.3, -0.25) is 9.48 Å². The average molecular weight is 384 g/mol. The van der Waals surface area contributed by atoms with E-state index in [9.17, 15) is 4.79 Å². The summed E-state index contributed by atoms with van der Waals surface area (Å²) in [5.74, 6) is -0.0610. The molecule has 29 heavy (non-hydrogen) atoms. The lowest BCUT2D eigenvalue weighted by Gasteiger charge is -2.12. The van der Waals surface area contributed by atoms with Gasteiger partial charge < -0.3 is 9.88 Å². The van der Waals surface area contributed by atoms with Crippen LogP contribution in [-0.4, -0.2) is 20.3 Å². The van der Waals surface area contributed by atoms with E-state index in [1.54, 1.807) is 6.20 Å². The van der Waals surface area contributed by atoms with Crippen LogP contribution in [-0.2, 0) is 13.1 Å². The van der Waals surface area contributed by atoms with Gasteiger partial charge in [-0.25, -0.2) is 0 Å². The first-order valence-electron chi connectivity index (χ1n) is 9.70. The number of hydrogen-bond donors (Lipinski definition) is 1. The number of carbonyl (C=O) groups is 1. The summed E-state index contributed by atoms with van der Waals surface area (Å²) in [5, 5.41) is 7.36. The Labute approximate surface area is 170 Å².